The molecule has 1 aromatic heterocycles. The molecule has 0 spiro atoms. The molecule has 7 heteroatoms. The molecule has 0 aliphatic heterocycles. The van der Waals surface area contributed by atoms with Gasteiger partial charge in [-0.1, -0.05) is 17.7 Å². The van der Waals surface area contributed by atoms with E-state index in [1.54, 1.807) is 18.2 Å². The fourth-order valence-electron chi connectivity index (χ4n) is 2.41. The lowest BCUT2D eigenvalue weighted by molar-refractivity contribution is 0.102. The van der Waals surface area contributed by atoms with Gasteiger partial charge in [-0.15, -0.1) is 0 Å². The highest BCUT2D eigenvalue weighted by Crippen LogP contribution is 2.22. The number of ether oxygens (including phenoxy) is 1. The van der Waals surface area contributed by atoms with Crippen LogP contribution in [0.1, 0.15) is 23.0 Å². The third-order valence-electron chi connectivity index (χ3n) is 3.79. The van der Waals surface area contributed by atoms with Gasteiger partial charge < -0.3 is 15.4 Å². The summed E-state index contributed by atoms with van der Waals surface area (Å²) in [5, 5.41) is 6.52. The van der Waals surface area contributed by atoms with Gasteiger partial charge in [-0.25, -0.2) is 9.97 Å². The molecule has 3 rings (SSSR count). The molecule has 2 aromatic carbocycles. The average Bonchev–Trinajstić information content (AvgIpc) is 2.67. The second kappa shape index (κ2) is 8.51. The van der Waals surface area contributed by atoms with E-state index in [1.807, 2.05) is 44.2 Å². The Bertz CT molecular complexity index is 945. The summed E-state index contributed by atoms with van der Waals surface area (Å²) < 4.78 is 5.42. The first-order chi connectivity index (χ1) is 13.0. The normalized spacial score (nSPS) is 10.3. The molecule has 6 nitrogen and oxygen atoms in total. The van der Waals surface area contributed by atoms with Crippen molar-refractivity contribution in [3.8, 4) is 5.75 Å². The first-order valence-corrected chi connectivity index (χ1v) is 8.82. The van der Waals surface area contributed by atoms with E-state index in [1.165, 1.54) is 6.33 Å². The lowest BCUT2D eigenvalue weighted by Gasteiger charge is -2.10. The number of nitrogens with zero attached hydrogens (tertiary/aromatic N) is 2. The fraction of sp³-hybridized carbons (Fsp3) is 0.150. The van der Waals surface area contributed by atoms with Crippen molar-refractivity contribution in [1.29, 1.82) is 0 Å². The number of hydrogen-bond acceptors (Lipinski definition) is 5. The minimum Gasteiger partial charge on any atom is -0.494 e. The van der Waals surface area contributed by atoms with E-state index in [9.17, 15) is 4.79 Å². The lowest BCUT2D eigenvalue weighted by atomic mass is 10.2. The highest BCUT2D eigenvalue weighted by atomic mass is 35.5. The second-order valence-electron chi connectivity index (χ2n) is 5.78. The van der Waals surface area contributed by atoms with Gasteiger partial charge in [0.1, 0.15) is 23.6 Å². The summed E-state index contributed by atoms with van der Waals surface area (Å²) in [6.07, 6.45) is 1.34. The third kappa shape index (κ3) is 4.95. The minimum absolute atomic E-state index is 0.248. The van der Waals surface area contributed by atoms with Crippen molar-refractivity contribution in [1.82, 2.24) is 9.97 Å². The van der Waals surface area contributed by atoms with Crippen LogP contribution in [0.3, 0.4) is 0 Å². The van der Waals surface area contributed by atoms with E-state index in [2.05, 4.69) is 20.6 Å². The Morgan fingerprint density at radius 1 is 1.11 bits per heavy atom. The molecule has 138 valence electrons. The zero-order valence-corrected chi connectivity index (χ0v) is 15.7. The quantitative estimate of drug-likeness (QED) is 0.638. The number of carbonyl (C=O) groups excluding carboxylic acids is 1. The summed E-state index contributed by atoms with van der Waals surface area (Å²) in [4.78, 5) is 20.7. The van der Waals surface area contributed by atoms with Gasteiger partial charge in [-0.2, -0.15) is 0 Å². The predicted molar refractivity (Wildman–Crippen MR) is 107 cm³/mol. The van der Waals surface area contributed by atoms with Crippen molar-refractivity contribution in [3.05, 3.63) is 71.1 Å². The number of aryl methyl sites for hydroxylation is 1. The van der Waals surface area contributed by atoms with Crippen molar-refractivity contribution in [2.45, 2.75) is 13.8 Å². The summed E-state index contributed by atoms with van der Waals surface area (Å²) in [6, 6.07) is 14.4. The van der Waals surface area contributed by atoms with Crippen molar-refractivity contribution >= 4 is 34.7 Å². The van der Waals surface area contributed by atoms with E-state index < -0.39 is 0 Å². The van der Waals surface area contributed by atoms with Crippen molar-refractivity contribution in [2.24, 2.45) is 0 Å². The Balaban J connectivity index is 1.72. The van der Waals surface area contributed by atoms with Crippen molar-refractivity contribution < 1.29 is 9.53 Å². The fourth-order valence-corrected chi connectivity index (χ4v) is 2.59. The van der Waals surface area contributed by atoms with Gasteiger partial charge in [-0.3, -0.25) is 4.79 Å². The molecule has 0 saturated heterocycles. The summed E-state index contributed by atoms with van der Waals surface area (Å²) in [5.74, 6) is 0.974. The maximum atomic E-state index is 12.5. The molecule has 0 aliphatic carbocycles. The molecule has 27 heavy (non-hydrogen) atoms. The van der Waals surface area contributed by atoms with Crippen LogP contribution in [0.2, 0.25) is 5.02 Å². The molecule has 2 N–H and O–H groups in total. The van der Waals surface area contributed by atoms with Crippen LogP contribution in [0.25, 0.3) is 0 Å². The molecule has 0 bridgehead atoms. The third-order valence-corrected chi connectivity index (χ3v) is 4.02. The number of aromatic nitrogens is 2. The molecule has 0 atom stereocenters. The maximum Gasteiger partial charge on any atom is 0.274 e. The van der Waals surface area contributed by atoms with Crippen LogP contribution in [0.15, 0.2) is 54.9 Å². The molecule has 3 aromatic rings. The van der Waals surface area contributed by atoms with Crippen LogP contribution in [-0.4, -0.2) is 22.5 Å². The molecular formula is C20H19ClN4O2. The topological polar surface area (TPSA) is 76.1 Å². The van der Waals surface area contributed by atoms with E-state index in [-0.39, 0.29) is 11.6 Å². The molecule has 1 amide bonds. The van der Waals surface area contributed by atoms with Gasteiger partial charge in [0.2, 0.25) is 0 Å². The summed E-state index contributed by atoms with van der Waals surface area (Å²) in [7, 11) is 0. The number of carbonyl (C=O) groups is 1. The van der Waals surface area contributed by atoms with Gasteiger partial charge in [0.15, 0.2) is 0 Å². The smallest absolute Gasteiger partial charge is 0.274 e. The zero-order chi connectivity index (χ0) is 19.2. The molecular weight excluding hydrogens is 364 g/mol. The van der Waals surface area contributed by atoms with Gasteiger partial charge in [0, 0.05) is 22.5 Å². The van der Waals surface area contributed by atoms with Crippen LogP contribution in [0.5, 0.6) is 5.75 Å². The van der Waals surface area contributed by atoms with E-state index >= 15 is 0 Å². The Hall–Kier alpha value is -3.12. The number of nitrogens with one attached hydrogen (secondary N) is 2. The summed E-state index contributed by atoms with van der Waals surface area (Å²) in [5.41, 5.74) is 2.63. The van der Waals surface area contributed by atoms with Gasteiger partial charge in [0.05, 0.1) is 6.61 Å². The van der Waals surface area contributed by atoms with Crippen molar-refractivity contribution in [2.75, 3.05) is 17.2 Å². The number of halogens is 1. The van der Waals surface area contributed by atoms with Crippen molar-refractivity contribution in [3.63, 3.8) is 0 Å². The number of benzene rings is 2. The SMILES string of the molecule is CCOc1ccc(Nc2cc(C(=O)Nc3cc(Cl)ccc3C)ncn2)cc1. The Labute approximate surface area is 162 Å². The molecule has 0 fully saturated rings. The van der Waals surface area contributed by atoms with Crippen LogP contribution in [0, 0.1) is 6.92 Å². The summed E-state index contributed by atoms with van der Waals surface area (Å²) in [6.45, 7) is 4.44. The molecule has 0 saturated carbocycles. The van der Waals surface area contributed by atoms with Crippen LogP contribution in [0.4, 0.5) is 17.2 Å². The first kappa shape index (κ1) is 18.7. The second-order valence-corrected chi connectivity index (χ2v) is 6.22. The predicted octanol–water partition coefficient (Wildman–Crippen LogP) is 4.83. The first-order valence-electron chi connectivity index (χ1n) is 8.44. The number of hydrogen-bond donors (Lipinski definition) is 2. The van der Waals surface area contributed by atoms with Crippen LogP contribution >= 0.6 is 11.6 Å². The van der Waals surface area contributed by atoms with Gasteiger partial charge >= 0.3 is 0 Å². The highest BCUT2D eigenvalue weighted by Gasteiger charge is 2.11. The zero-order valence-electron chi connectivity index (χ0n) is 15.0. The standard InChI is InChI=1S/C20H19ClN4O2/c1-3-27-16-8-6-15(7-9-16)24-19-11-18(22-12-23-19)20(26)25-17-10-14(21)5-4-13(17)2/h4-12H,3H2,1-2H3,(H,25,26)(H,22,23,24). The number of anilines is 3. The number of rotatable bonds is 6. The average molecular weight is 383 g/mol. The minimum atomic E-state index is -0.336. The Morgan fingerprint density at radius 3 is 2.63 bits per heavy atom. The molecule has 0 unspecified atom stereocenters. The van der Waals surface area contributed by atoms with Gasteiger partial charge in [0.25, 0.3) is 5.91 Å². The van der Waals surface area contributed by atoms with E-state index in [4.69, 9.17) is 16.3 Å². The monoisotopic (exact) mass is 382 g/mol. The Kier molecular flexibility index (Phi) is 5.88. The maximum absolute atomic E-state index is 12.5. The van der Waals surface area contributed by atoms with E-state index in [0.717, 1.165) is 17.0 Å². The number of amides is 1. The van der Waals surface area contributed by atoms with Crippen LogP contribution in [-0.2, 0) is 0 Å². The molecule has 1 heterocycles. The summed E-state index contributed by atoms with van der Waals surface area (Å²) >= 11 is 6.00. The highest BCUT2D eigenvalue weighted by molar-refractivity contribution is 6.31. The Morgan fingerprint density at radius 2 is 1.89 bits per heavy atom. The largest absolute Gasteiger partial charge is 0.494 e. The van der Waals surface area contributed by atoms with Gasteiger partial charge in [-0.05, 0) is 55.8 Å². The van der Waals surface area contributed by atoms with E-state index in [0.29, 0.717) is 23.1 Å². The molecule has 0 aliphatic rings. The lowest BCUT2D eigenvalue weighted by Crippen LogP contribution is -2.15. The van der Waals surface area contributed by atoms with Crippen LogP contribution < -0.4 is 15.4 Å². The molecule has 0 radical (unpaired) electrons.